The molecule has 6 nitrogen and oxygen atoms in total. The summed E-state index contributed by atoms with van der Waals surface area (Å²) in [5.41, 5.74) is 5.65. The van der Waals surface area contributed by atoms with E-state index in [0.717, 1.165) is 30.5 Å². The number of carbonyl (C=O) groups is 2. The Morgan fingerprint density at radius 2 is 1.96 bits per heavy atom. The molecule has 1 aliphatic rings. The van der Waals surface area contributed by atoms with Crippen molar-refractivity contribution in [2.24, 2.45) is 0 Å². The minimum atomic E-state index is -0.268. The Hall–Kier alpha value is -3.41. The highest BCUT2D eigenvalue weighted by Gasteiger charge is 2.15. The monoisotopic (exact) mass is 374 g/mol. The third-order valence-electron chi connectivity index (χ3n) is 5.03. The molecular weight excluding hydrogens is 352 g/mol. The number of rotatable bonds is 5. The zero-order valence-electron chi connectivity index (χ0n) is 15.7. The summed E-state index contributed by atoms with van der Waals surface area (Å²) < 4.78 is 1.73. The van der Waals surface area contributed by atoms with E-state index in [1.165, 1.54) is 11.1 Å². The lowest BCUT2D eigenvalue weighted by Gasteiger charge is -2.12. The summed E-state index contributed by atoms with van der Waals surface area (Å²) in [7, 11) is 0. The van der Waals surface area contributed by atoms with Crippen molar-refractivity contribution in [3.63, 3.8) is 0 Å². The van der Waals surface area contributed by atoms with Crippen LogP contribution in [0, 0.1) is 6.92 Å². The quantitative estimate of drug-likeness (QED) is 0.721. The molecule has 1 heterocycles. The van der Waals surface area contributed by atoms with E-state index in [2.05, 4.69) is 15.7 Å². The van der Waals surface area contributed by atoms with E-state index in [-0.39, 0.29) is 18.4 Å². The maximum atomic E-state index is 12.4. The number of anilines is 1. The molecule has 0 bridgehead atoms. The molecule has 28 heavy (non-hydrogen) atoms. The fraction of sp³-hybridized carbons (Fsp3) is 0.227. The van der Waals surface area contributed by atoms with Gasteiger partial charge in [-0.05, 0) is 73.2 Å². The number of carbonyl (C=O) groups excluding carboxylic acids is 2. The minimum absolute atomic E-state index is 0.0820. The molecule has 0 saturated carbocycles. The van der Waals surface area contributed by atoms with Gasteiger partial charge in [0.1, 0.15) is 0 Å². The second-order valence-electron chi connectivity index (χ2n) is 7.02. The van der Waals surface area contributed by atoms with Crippen molar-refractivity contribution in [1.82, 2.24) is 15.1 Å². The molecular formula is C22H22N4O2. The smallest absolute Gasteiger partial charge is 0.251 e. The van der Waals surface area contributed by atoms with E-state index in [9.17, 15) is 9.59 Å². The van der Waals surface area contributed by atoms with Crippen molar-refractivity contribution in [2.45, 2.75) is 26.2 Å². The molecule has 2 N–H and O–H groups in total. The van der Waals surface area contributed by atoms with E-state index in [0.29, 0.717) is 11.3 Å². The van der Waals surface area contributed by atoms with Gasteiger partial charge in [-0.25, -0.2) is 4.68 Å². The van der Waals surface area contributed by atoms with Crippen molar-refractivity contribution in [3.05, 3.63) is 77.1 Å². The van der Waals surface area contributed by atoms with Gasteiger partial charge in [0.05, 0.1) is 12.2 Å². The SMILES string of the molecule is Cc1ccc(-n2cccn2)cc1NC(=O)CNC(=O)c1ccc2c(c1)CCC2. The van der Waals surface area contributed by atoms with Gasteiger partial charge in [-0.1, -0.05) is 12.1 Å². The Kier molecular flexibility index (Phi) is 4.93. The molecule has 3 aromatic rings. The second-order valence-corrected chi connectivity index (χ2v) is 7.02. The van der Waals surface area contributed by atoms with Crippen LogP contribution in [0.4, 0.5) is 5.69 Å². The van der Waals surface area contributed by atoms with Gasteiger partial charge in [0.15, 0.2) is 0 Å². The number of hydrogen-bond donors (Lipinski definition) is 2. The molecule has 0 unspecified atom stereocenters. The van der Waals surface area contributed by atoms with Crippen LogP contribution in [0.1, 0.15) is 33.5 Å². The molecule has 142 valence electrons. The normalized spacial score (nSPS) is 12.5. The molecule has 2 aromatic carbocycles. The van der Waals surface area contributed by atoms with E-state index < -0.39 is 0 Å². The maximum Gasteiger partial charge on any atom is 0.251 e. The van der Waals surface area contributed by atoms with Crippen molar-refractivity contribution < 1.29 is 9.59 Å². The van der Waals surface area contributed by atoms with Gasteiger partial charge in [-0.2, -0.15) is 5.10 Å². The average molecular weight is 374 g/mol. The van der Waals surface area contributed by atoms with Gasteiger partial charge in [0.2, 0.25) is 5.91 Å². The van der Waals surface area contributed by atoms with Crippen LogP contribution in [0.25, 0.3) is 5.69 Å². The lowest BCUT2D eigenvalue weighted by Crippen LogP contribution is -2.33. The predicted octanol–water partition coefficient (Wildman–Crippen LogP) is 3.04. The Morgan fingerprint density at radius 3 is 2.79 bits per heavy atom. The average Bonchev–Trinajstić information content (AvgIpc) is 3.39. The van der Waals surface area contributed by atoms with Crippen LogP contribution in [-0.2, 0) is 17.6 Å². The number of nitrogens with one attached hydrogen (secondary N) is 2. The van der Waals surface area contributed by atoms with E-state index in [1.807, 2.05) is 55.6 Å². The zero-order chi connectivity index (χ0) is 19.5. The number of amides is 2. The van der Waals surface area contributed by atoms with Gasteiger partial charge < -0.3 is 10.6 Å². The molecule has 1 aromatic heterocycles. The van der Waals surface area contributed by atoms with Crippen molar-refractivity contribution in [3.8, 4) is 5.69 Å². The summed E-state index contributed by atoms with van der Waals surface area (Å²) in [6, 6.07) is 13.3. The Morgan fingerprint density at radius 1 is 1.11 bits per heavy atom. The number of fused-ring (bicyclic) bond motifs is 1. The lowest BCUT2D eigenvalue weighted by atomic mass is 10.1. The van der Waals surface area contributed by atoms with E-state index in [1.54, 1.807) is 10.9 Å². The predicted molar refractivity (Wildman–Crippen MR) is 108 cm³/mol. The van der Waals surface area contributed by atoms with Crippen LogP contribution < -0.4 is 10.6 Å². The van der Waals surface area contributed by atoms with Crippen LogP contribution in [0.15, 0.2) is 54.9 Å². The van der Waals surface area contributed by atoms with Crippen molar-refractivity contribution >= 4 is 17.5 Å². The summed E-state index contributed by atoms with van der Waals surface area (Å²) in [6.07, 6.45) is 6.78. The minimum Gasteiger partial charge on any atom is -0.343 e. The number of aromatic nitrogens is 2. The van der Waals surface area contributed by atoms with Crippen molar-refractivity contribution in [1.29, 1.82) is 0 Å². The second kappa shape index (κ2) is 7.68. The molecule has 6 heteroatoms. The Bertz CT molecular complexity index is 1030. The maximum absolute atomic E-state index is 12.4. The van der Waals surface area contributed by atoms with Gasteiger partial charge in [0.25, 0.3) is 5.91 Å². The lowest BCUT2D eigenvalue weighted by molar-refractivity contribution is -0.115. The standard InChI is InChI=1S/C22H22N4O2/c1-15-6-9-19(26-11-3-10-24-26)13-20(15)25-21(27)14-23-22(28)18-8-7-16-4-2-5-17(16)12-18/h3,6-13H,2,4-5,14H2,1H3,(H,23,28)(H,25,27). The first-order valence-corrected chi connectivity index (χ1v) is 9.41. The number of benzene rings is 2. The fourth-order valence-corrected chi connectivity index (χ4v) is 3.48. The van der Waals surface area contributed by atoms with Gasteiger partial charge in [-0.3, -0.25) is 9.59 Å². The molecule has 0 saturated heterocycles. The highest BCUT2D eigenvalue weighted by molar-refractivity contribution is 5.99. The summed E-state index contributed by atoms with van der Waals surface area (Å²) >= 11 is 0. The molecule has 0 atom stereocenters. The molecule has 2 amide bonds. The molecule has 0 fully saturated rings. The molecule has 0 radical (unpaired) electrons. The van der Waals surface area contributed by atoms with Gasteiger partial charge in [-0.15, -0.1) is 0 Å². The topological polar surface area (TPSA) is 76.0 Å². The number of aryl methyl sites for hydroxylation is 3. The Balaban J connectivity index is 1.38. The van der Waals surface area contributed by atoms with Crippen LogP contribution in [0.5, 0.6) is 0 Å². The van der Waals surface area contributed by atoms with Crippen LogP contribution in [0.3, 0.4) is 0 Å². The highest BCUT2D eigenvalue weighted by Crippen LogP contribution is 2.23. The molecule has 4 rings (SSSR count). The van der Waals surface area contributed by atoms with Crippen LogP contribution >= 0.6 is 0 Å². The fourth-order valence-electron chi connectivity index (χ4n) is 3.48. The first-order chi connectivity index (χ1) is 13.6. The zero-order valence-corrected chi connectivity index (χ0v) is 15.7. The van der Waals surface area contributed by atoms with Gasteiger partial charge >= 0.3 is 0 Å². The third kappa shape index (κ3) is 3.81. The molecule has 0 aliphatic heterocycles. The van der Waals surface area contributed by atoms with E-state index >= 15 is 0 Å². The van der Waals surface area contributed by atoms with Crippen LogP contribution in [0.2, 0.25) is 0 Å². The first-order valence-electron chi connectivity index (χ1n) is 9.41. The number of hydrogen-bond acceptors (Lipinski definition) is 3. The third-order valence-corrected chi connectivity index (χ3v) is 5.03. The summed E-state index contributed by atoms with van der Waals surface area (Å²) in [4.78, 5) is 24.7. The summed E-state index contributed by atoms with van der Waals surface area (Å²) in [5.74, 6) is -0.498. The first kappa shape index (κ1) is 18.0. The van der Waals surface area contributed by atoms with Gasteiger partial charge in [0, 0.05) is 23.6 Å². The van der Waals surface area contributed by atoms with E-state index in [4.69, 9.17) is 0 Å². The largest absolute Gasteiger partial charge is 0.343 e. The van der Waals surface area contributed by atoms with Crippen LogP contribution in [-0.4, -0.2) is 28.1 Å². The highest BCUT2D eigenvalue weighted by atomic mass is 16.2. The van der Waals surface area contributed by atoms with Crippen molar-refractivity contribution in [2.75, 3.05) is 11.9 Å². The molecule has 0 spiro atoms. The number of nitrogens with zero attached hydrogens (tertiary/aromatic N) is 2. The Labute approximate surface area is 163 Å². The summed E-state index contributed by atoms with van der Waals surface area (Å²) in [6.45, 7) is 1.84. The molecule has 1 aliphatic carbocycles. The summed E-state index contributed by atoms with van der Waals surface area (Å²) in [5, 5.41) is 9.77.